The Hall–Kier alpha value is -1.84. The van der Waals surface area contributed by atoms with E-state index in [0.29, 0.717) is 11.4 Å². The topological polar surface area (TPSA) is 49.3 Å². The first kappa shape index (κ1) is 16.5. The molecule has 0 aromatic heterocycles. The van der Waals surface area contributed by atoms with Gasteiger partial charge in [-0.25, -0.2) is 0 Å². The van der Waals surface area contributed by atoms with E-state index in [2.05, 4.69) is 5.32 Å². The highest BCUT2D eigenvalue weighted by Gasteiger charge is 2.15. The second-order valence-electron chi connectivity index (χ2n) is 5.40. The Morgan fingerprint density at radius 2 is 1.77 bits per heavy atom. The number of halogens is 1. The molecule has 1 amide bonds. The summed E-state index contributed by atoms with van der Waals surface area (Å²) in [6, 6.07) is 16.9. The van der Waals surface area contributed by atoms with Crippen molar-refractivity contribution >= 4 is 17.5 Å². The monoisotopic (exact) mass is 317 g/mol. The van der Waals surface area contributed by atoms with Gasteiger partial charge in [0, 0.05) is 17.5 Å². The molecule has 0 aliphatic carbocycles. The minimum Gasteiger partial charge on any atom is -0.387 e. The average Bonchev–Trinajstić information content (AvgIpc) is 2.53. The highest BCUT2D eigenvalue weighted by molar-refractivity contribution is 6.30. The fourth-order valence-electron chi connectivity index (χ4n) is 2.23. The Morgan fingerprint density at radius 3 is 2.41 bits per heavy atom. The smallest absolute Gasteiger partial charge is 0.223 e. The fourth-order valence-corrected chi connectivity index (χ4v) is 2.36. The third-order valence-corrected chi connectivity index (χ3v) is 3.81. The van der Waals surface area contributed by atoms with Crippen molar-refractivity contribution in [1.82, 2.24) is 5.32 Å². The van der Waals surface area contributed by atoms with Gasteiger partial charge in [-0.3, -0.25) is 4.79 Å². The molecule has 0 saturated carbocycles. The van der Waals surface area contributed by atoms with E-state index in [1.807, 2.05) is 37.3 Å². The van der Waals surface area contributed by atoms with Crippen LogP contribution >= 0.6 is 11.6 Å². The lowest BCUT2D eigenvalue weighted by Gasteiger charge is -2.15. The Morgan fingerprint density at radius 1 is 1.14 bits per heavy atom. The van der Waals surface area contributed by atoms with Crippen LogP contribution in [-0.4, -0.2) is 17.6 Å². The molecule has 2 aromatic carbocycles. The summed E-state index contributed by atoms with van der Waals surface area (Å²) in [6.07, 6.45) is -0.0471. The van der Waals surface area contributed by atoms with Gasteiger partial charge in [0.2, 0.25) is 5.91 Å². The van der Waals surface area contributed by atoms with E-state index < -0.39 is 6.10 Å². The minimum absolute atomic E-state index is 0.0585. The summed E-state index contributed by atoms with van der Waals surface area (Å²) < 4.78 is 0. The van der Waals surface area contributed by atoms with Crippen LogP contribution in [0.5, 0.6) is 0 Å². The normalized spacial score (nSPS) is 13.4. The molecule has 2 atom stereocenters. The molecular weight excluding hydrogens is 298 g/mol. The molecule has 0 aliphatic rings. The molecule has 0 fully saturated rings. The molecule has 0 saturated heterocycles. The predicted octanol–water partition coefficient (Wildman–Crippen LogP) is 3.37. The Bertz CT molecular complexity index is 598. The molecular formula is C18H20ClNO2. The van der Waals surface area contributed by atoms with E-state index >= 15 is 0 Å². The van der Waals surface area contributed by atoms with Gasteiger partial charge in [0.05, 0.1) is 6.10 Å². The SMILES string of the molecule is CC(Cc1ccccc1)C(=O)NCC(O)c1ccc(Cl)cc1. The van der Waals surface area contributed by atoms with Crippen LogP contribution < -0.4 is 5.32 Å². The summed E-state index contributed by atoms with van der Waals surface area (Å²) in [7, 11) is 0. The highest BCUT2D eigenvalue weighted by Crippen LogP contribution is 2.16. The first-order chi connectivity index (χ1) is 10.6. The van der Waals surface area contributed by atoms with Crippen LogP contribution in [0.3, 0.4) is 0 Å². The van der Waals surface area contributed by atoms with Crippen LogP contribution in [0.25, 0.3) is 0 Å². The summed E-state index contributed by atoms with van der Waals surface area (Å²) in [6.45, 7) is 2.08. The molecule has 116 valence electrons. The third kappa shape index (κ3) is 4.86. The van der Waals surface area contributed by atoms with Gasteiger partial charge < -0.3 is 10.4 Å². The Kier molecular flexibility index (Phi) is 5.99. The van der Waals surface area contributed by atoms with Gasteiger partial charge in [-0.1, -0.05) is 61.0 Å². The number of nitrogens with one attached hydrogen (secondary N) is 1. The summed E-state index contributed by atoms with van der Waals surface area (Å²) in [5, 5.41) is 13.5. The zero-order chi connectivity index (χ0) is 15.9. The van der Waals surface area contributed by atoms with Gasteiger partial charge in [-0.2, -0.15) is 0 Å². The molecule has 2 N–H and O–H groups in total. The number of rotatable bonds is 6. The Balaban J connectivity index is 1.82. The van der Waals surface area contributed by atoms with Gasteiger partial charge in [0.1, 0.15) is 0 Å². The zero-order valence-electron chi connectivity index (χ0n) is 12.5. The van der Waals surface area contributed by atoms with Gasteiger partial charge in [-0.05, 0) is 29.7 Å². The first-order valence-electron chi connectivity index (χ1n) is 7.31. The van der Waals surface area contributed by atoms with Crippen molar-refractivity contribution in [2.75, 3.05) is 6.54 Å². The molecule has 4 heteroatoms. The van der Waals surface area contributed by atoms with Crippen LogP contribution in [0, 0.1) is 5.92 Å². The van der Waals surface area contributed by atoms with Crippen LogP contribution in [0.4, 0.5) is 0 Å². The molecule has 2 rings (SSSR count). The minimum atomic E-state index is -0.731. The molecule has 0 bridgehead atoms. The standard InChI is InChI=1S/C18H20ClNO2/c1-13(11-14-5-3-2-4-6-14)18(22)20-12-17(21)15-7-9-16(19)10-8-15/h2-10,13,17,21H,11-12H2,1H3,(H,20,22). The number of aliphatic hydroxyl groups is 1. The molecule has 3 nitrogen and oxygen atoms in total. The zero-order valence-corrected chi connectivity index (χ0v) is 13.3. The van der Waals surface area contributed by atoms with Crippen molar-refractivity contribution < 1.29 is 9.90 Å². The van der Waals surface area contributed by atoms with E-state index in [1.54, 1.807) is 24.3 Å². The molecule has 2 unspecified atom stereocenters. The molecule has 0 aliphatic heterocycles. The lowest BCUT2D eigenvalue weighted by atomic mass is 10.0. The van der Waals surface area contributed by atoms with Crippen molar-refractivity contribution in [2.24, 2.45) is 5.92 Å². The van der Waals surface area contributed by atoms with E-state index in [1.165, 1.54) is 0 Å². The lowest BCUT2D eigenvalue weighted by Crippen LogP contribution is -2.33. The van der Waals surface area contributed by atoms with E-state index in [4.69, 9.17) is 11.6 Å². The molecule has 0 radical (unpaired) electrons. The van der Waals surface area contributed by atoms with E-state index in [9.17, 15) is 9.90 Å². The van der Waals surface area contributed by atoms with Crippen molar-refractivity contribution in [3.05, 3.63) is 70.7 Å². The van der Waals surface area contributed by atoms with Crippen molar-refractivity contribution in [2.45, 2.75) is 19.4 Å². The summed E-state index contributed by atoms with van der Waals surface area (Å²) in [5.41, 5.74) is 1.86. The van der Waals surface area contributed by atoms with Crippen LogP contribution in [0.2, 0.25) is 5.02 Å². The van der Waals surface area contributed by atoms with Crippen LogP contribution in [0.15, 0.2) is 54.6 Å². The fraction of sp³-hybridized carbons (Fsp3) is 0.278. The number of amides is 1. The van der Waals surface area contributed by atoms with Crippen LogP contribution in [-0.2, 0) is 11.2 Å². The largest absolute Gasteiger partial charge is 0.387 e. The maximum absolute atomic E-state index is 12.1. The molecule has 22 heavy (non-hydrogen) atoms. The summed E-state index contributed by atoms with van der Waals surface area (Å²) >= 11 is 5.81. The maximum Gasteiger partial charge on any atom is 0.223 e. The molecule has 2 aromatic rings. The van der Waals surface area contributed by atoms with E-state index in [-0.39, 0.29) is 18.4 Å². The van der Waals surface area contributed by atoms with Gasteiger partial charge in [0.15, 0.2) is 0 Å². The number of carbonyl (C=O) groups is 1. The first-order valence-corrected chi connectivity index (χ1v) is 7.69. The predicted molar refractivity (Wildman–Crippen MR) is 88.7 cm³/mol. The average molecular weight is 318 g/mol. The van der Waals surface area contributed by atoms with Crippen molar-refractivity contribution in [1.29, 1.82) is 0 Å². The van der Waals surface area contributed by atoms with Gasteiger partial charge in [-0.15, -0.1) is 0 Å². The second-order valence-corrected chi connectivity index (χ2v) is 5.84. The number of aliphatic hydroxyl groups excluding tert-OH is 1. The quantitative estimate of drug-likeness (QED) is 0.858. The molecule has 0 heterocycles. The number of hydrogen-bond donors (Lipinski definition) is 2. The third-order valence-electron chi connectivity index (χ3n) is 3.56. The van der Waals surface area contributed by atoms with Gasteiger partial charge in [0.25, 0.3) is 0 Å². The molecule has 0 spiro atoms. The van der Waals surface area contributed by atoms with Crippen molar-refractivity contribution in [3.8, 4) is 0 Å². The van der Waals surface area contributed by atoms with Gasteiger partial charge >= 0.3 is 0 Å². The Labute approximate surface area is 135 Å². The highest BCUT2D eigenvalue weighted by atomic mass is 35.5. The second kappa shape index (κ2) is 7.97. The summed E-state index contributed by atoms with van der Waals surface area (Å²) in [5.74, 6) is -0.198. The number of benzene rings is 2. The number of hydrogen-bond acceptors (Lipinski definition) is 2. The lowest BCUT2D eigenvalue weighted by molar-refractivity contribution is -0.124. The number of carbonyl (C=O) groups excluding carboxylic acids is 1. The van der Waals surface area contributed by atoms with Crippen molar-refractivity contribution in [3.63, 3.8) is 0 Å². The van der Waals surface area contributed by atoms with Crippen LogP contribution in [0.1, 0.15) is 24.2 Å². The van der Waals surface area contributed by atoms with E-state index in [0.717, 1.165) is 11.1 Å². The summed E-state index contributed by atoms with van der Waals surface area (Å²) in [4.78, 5) is 12.1. The maximum atomic E-state index is 12.1.